The summed E-state index contributed by atoms with van der Waals surface area (Å²) < 4.78 is 0. The van der Waals surface area contributed by atoms with E-state index in [4.69, 9.17) is 17.2 Å². The number of aliphatic carboxylic acids is 1. The molecule has 0 radical (unpaired) electrons. The van der Waals surface area contributed by atoms with Crippen molar-refractivity contribution in [3.05, 3.63) is 18.2 Å². The molecule has 0 aliphatic rings. The fraction of sp³-hybridized carbons (Fsp3) is 0.550. The molecule has 0 aliphatic carbocycles. The SMILES string of the molecule is CSCCC(NC(=O)C(N)CC(N)=O)C(=O)NC(Cc1cnc[nH]1)C(=O)NC(CCC(N)=O)C(=O)O. The van der Waals surface area contributed by atoms with Gasteiger partial charge in [-0.05, 0) is 24.9 Å². The number of carbonyl (C=O) groups is 6. The molecule has 16 heteroatoms. The van der Waals surface area contributed by atoms with Gasteiger partial charge in [0.1, 0.15) is 18.1 Å². The van der Waals surface area contributed by atoms with E-state index in [-0.39, 0.29) is 25.7 Å². The second-order valence-electron chi connectivity index (χ2n) is 7.87. The quantitative estimate of drug-likeness (QED) is 0.0998. The van der Waals surface area contributed by atoms with Crippen LogP contribution >= 0.6 is 11.8 Å². The first-order chi connectivity index (χ1) is 16.9. The molecule has 4 unspecified atom stereocenters. The monoisotopic (exact) mass is 528 g/mol. The minimum Gasteiger partial charge on any atom is -0.480 e. The van der Waals surface area contributed by atoms with E-state index in [0.29, 0.717) is 11.4 Å². The van der Waals surface area contributed by atoms with Gasteiger partial charge in [-0.3, -0.25) is 24.0 Å². The molecule has 0 aliphatic heterocycles. The van der Waals surface area contributed by atoms with E-state index < -0.39 is 66.1 Å². The zero-order valence-electron chi connectivity index (χ0n) is 19.7. The summed E-state index contributed by atoms with van der Waals surface area (Å²) in [6.07, 6.45) is 3.73. The number of rotatable bonds is 17. The van der Waals surface area contributed by atoms with E-state index >= 15 is 0 Å². The molecule has 0 fully saturated rings. The number of nitrogens with zero attached hydrogens (tertiary/aromatic N) is 1. The number of carbonyl (C=O) groups excluding carboxylic acids is 5. The molecule has 36 heavy (non-hydrogen) atoms. The van der Waals surface area contributed by atoms with Crippen LogP contribution in [-0.2, 0) is 35.2 Å². The first-order valence-electron chi connectivity index (χ1n) is 10.9. The number of carboxylic acids is 1. The minimum atomic E-state index is -1.43. The normalized spacial score (nSPS) is 14.1. The Labute approximate surface area is 211 Å². The number of amides is 5. The molecule has 0 aromatic carbocycles. The number of aromatic nitrogens is 2. The molecule has 1 rings (SSSR count). The summed E-state index contributed by atoms with van der Waals surface area (Å²) in [5.41, 5.74) is 16.2. The van der Waals surface area contributed by atoms with Crippen LogP contribution in [0.3, 0.4) is 0 Å². The van der Waals surface area contributed by atoms with Crippen molar-refractivity contribution in [2.24, 2.45) is 17.2 Å². The number of imidazole rings is 1. The minimum absolute atomic E-state index is 0.0793. The topological polar surface area (TPSA) is 265 Å². The number of aromatic amines is 1. The van der Waals surface area contributed by atoms with Crippen molar-refractivity contribution in [3.8, 4) is 0 Å². The summed E-state index contributed by atoms with van der Waals surface area (Å²) >= 11 is 1.41. The standard InChI is InChI=1S/C20H32N8O7S/c1-36-5-4-12(26-17(31)11(21)7-16(23)30)18(32)28-14(6-10-8-24-9-25-10)19(33)27-13(20(34)35)2-3-15(22)29/h8-9,11-14H,2-7,21H2,1H3,(H2,22,29)(H2,23,30)(H,24,25)(H,26,31)(H,27,33)(H,28,32)(H,34,35). The fourth-order valence-electron chi connectivity index (χ4n) is 3.01. The maximum absolute atomic E-state index is 13.1. The largest absolute Gasteiger partial charge is 0.480 e. The molecule has 200 valence electrons. The third-order valence-electron chi connectivity index (χ3n) is 4.91. The number of hydrogen-bond acceptors (Lipinski definition) is 9. The van der Waals surface area contributed by atoms with Gasteiger partial charge in [-0.15, -0.1) is 0 Å². The van der Waals surface area contributed by atoms with Gasteiger partial charge in [0.25, 0.3) is 0 Å². The molecule has 11 N–H and O–H groups in total. The van der Waals surface area contributed by atoms with Crippen molar-refractivity contribution in [2.45, 2.75) is 56.3 Å². The van der Waals surface area contributed by atoms with E-state index in [0.717, 1.165) is 0 Å². The molecular weight excluding hydrogens is 496 g/mol. The van der Waals surface area contributed by atoms with E-state index in [9.17, 15) is 33.9 Å². The molecule has 4 atom stereocenters. The van der Waals surface area contributed by atoms with Crippen LogP contribution in [0.4, 0.5) is 0 Å². The maximum Gasteiger partial charge on any atom is 0.326 e. The van der Waals surface area contributed by atoms with Crippen molar-refractivity contribution in [3.63, 3.8) is 0 Å². The van der Waals surface area contributed by atoms with E-state index in [1.165, 1.54) is 24.3 Å². The van der Waals surface area contributed by atoms with Gasteiger partial charge >= 0.3 is 5.97 Å². The average molecular weight is 529 g/mol. The Kier molecular flexibility index (Phi) is 13.0. The summed E-state index contributed by atoms with van der Waals surface area (Å²) in [6.45, 7) is 0. The van der Waals surface area contributed by atoms with Gasteiger partial charge in [-0.1, -0.05) is 0 Å². The highest BCUT2D eigenvalue weighted by Gasteiger charge is 2.31. The van der Waals surface area contributed by atoms with Crippen LogP contribution in [0.25, 0.3) is 0 Å². The fourth-order valence-corrected chi connectivity index (χ4v) is 3.48. The first-order valence-corrected chi connectivity index (χ1v) is 12.3. The maximum atomic E-state index is 13.1. The third kappa shape index (κ3) is 11.2. The highest BCUT2D eigenvalue weighted by atomic mass is 32.2. The zero-order chi connectivity index (χ0) is 27.3. The molecule has 0 spiro atoms. The summed E-state index contributed by atoms with van der Waals surface area (Å²) in [4.78, 5) is 78.6. The Morgan fingerprint density at radius 2 is 1.58 bits per heavy atom. The molecule has 0 saturated carbocycles. The molecule has 1 aromatic rings. The van der Waals surface area contributed by atoms with Crippen LogP contribution < -0.4 is 33.2 Å². The summed E-state index contributed by atoms with van der Waals surface area (Å²) in [6, 6.07) is -5.06. The number of hydrogen-bond donors (Lipinski definition) is 8. The van der Waals surface area contributed by atoms with Gasteiger partial charge in [0.15, 0.2) is 0 Å². The summed E-state index contributed by atoms with van der Waals surface area (Å²) in [5.74, 6) is -4.79. The Balaban J connectivity index is 3.04. The lowest BCUT2D eigenvalue weighted by Crippen LogP contribution is -2.58. The van der Waals surface area contributed by atoms with Gasteiger partial charge in [0.05, 0.1) is 18.8 Å². The van der Waals surface area contributed by atoms with E-state index in [1.54, 1.807) is 6.26 Å². The van der Waals surface area contributed by atoms with Crippen molar-refractivity contribution >= 4 is 47.3 Å². The predicted molar refractivity (Wildman–Crippen MR) is 129 cm³/mol. The van der Waals surface area contributed by atoms with Crippen LogP contribution in [-0.4, -0.2) is 86.8 Å². The Hall–Kier alpha value is -3.66. The number of nitrogens with one attached hydrogen (secondary N) is 4. The van der Waals surface area contributed by atoms with Gasteiger partial charge < -0.3 is 43.2 Å². The third-order valence-corrected chi connectivity index (χ3v) is 5.55. The Morgan fingerprint density at radius 1 is 0.972 bits per heavy atom. The van der Waals surface area contributed by atoms with Gasteiger partial charge in [0, 0.05) is 24.7 Å². The molecule has 0 saturated heterocycles. The Morgan fingerprint density at radius 3 is 2.11 bits per heavy atom. The number of nitrogens with two attached hydrogens (primary N) is 3. The van der Waals surface area contributed by atoms with E-state index in [2.05, 4.69) is 25.9 Å². The molecule has 0 bridgehead atoms. The number of carboxylic acid groups (broad SMARTS) is 1. The summed E-state index contributed by atoms with van der Waals surface area (Å²) in [5, 5.41) is 16.7. The van der Waals surface area contributed by atoms with E-state index in [1.807, 2.05) is 0 Å². The van der Waals surface area contributed by atoms with Crippen molar-refractivity contribution in [1.82, 2.24) is 25.9 Å². The van der Waals surface area contributed by atoms with Crippen LogP contribution in [0.15, 0.2) is 12.5 Å². The molecular formula is C20H32N8O7S. The molecule has 15 nitrogen and oxygen atoms in total. The van der Waals surface area contributed by atoms with Crippen molar-refractivity contribution in [2.75, 3.05) is 12.0 Å². The zero-order valence-corrected chi connectivity index (χ0v) is 20.5. The highest BCUT2D eigenvalue weighted by Crippen LogP contribution is 2.06. The van der Waals surface area contributed by atoms with Crippen LogP contribution in [0.2, 0.25) is 0 Å². The lowest BCUT2D eigenvalue weighted by atomic mass is 10.1. The number of H-pyrrole nitrogens is 1. The lowest BCUT2D eigenvalue weighted by molar-refractivity contribution is -0.142. The van der Waals surface area contributed by atoms with Gasteiger partial charge in [-0.25, -0.2) is 9.78 Å². The van der Waals surface area contributed by atoms with Crippen molar-refractivity contribution in [1.29, 1.82) is 0 Å². The molecule has 1 aromatic heterocycles. The molecule has 1 heterocycles. The first kappa shape index (κ1) is 30.4. The van der Waals surface area contributed by atoms with Crippen LogP contribution in [0.1, 0.15) is 31.4 Å². The second-order valence-corrected chi connectivity index (χ2v) is 8.85. The highest BCUT2D eigenvalue weighted by molar-refractivity contribution is 7.98. The molecule has 5 amide bonds. The average Bonchev–Trinajstić information content (AvgIpc) is 3.30. The van der Waals surface area contributed by atoms with Gasteiger partial charge in [-0.2, -0.15) is 11.8 Å². The lowest BCUT2D eigenvalue weighted by Gasteiger charge is -2.25. The summed E-state index contributed by atoms with van der Waals surface area (Å²) in [7, 11) is 0. The van der Waals surface area contributed by atoms with Crippen LogP contribution in [0.5, 0.6) is 0 Å². The van der Waals surface area contributed by atoms with Gasteiger partial charge in [0.2, 0.25) is 29.5 Å². The van der Waals surface area contributed by atoms with Crippen molar-refractivity contribution < 1.29 is 33.9 Å². The van der Waals surface area contributed by atoms with Crippen LogP contribution in [0, 0.1) is 0 Å². The number of thioether (sulfide) groups is 1. The predicted octanol–water partition coefficient (Wildman–Crippen LogP) is -3.29. The smallest absolute Gasteiger partial charge is 0.326 e. The second kappa shape index (κ2) is 15.4. The Bertz CT molecular complexity index is 927. The number of primary amides is 2.